The van der Waals surface area contributed by atoms with Crippen LogP contribution >= 0.6 is 0 Å². The Hall–Kier alpha value is -1.36. The summed E-state index contributed by atoms with van der Waals surface area (Å²) in [5.74, 6) is 0.393. The topological polar surface area (TPSA) is 52.0 Å². The number of aromatic nitrogens is 2. The molecular weight excluding hydrogens is 212 g/mol. The Balaban J connectivity index is 2.58. The Morgan fingerprint density at radius 2 is 2.07 bits per heavy atom. The van der Waals surface area contributed by atoms with Crippen LogP contribution in [0, 0.1) is 6.26 Å². The lowest BCUT2D eigenvalue weighted by Gasteiger charge is -1.99. The quantitative estimate of drug-likeness (QED) is 0.770. The SMILES string of the molecule is [CH2]S(=O)(=O)Cc1nc2ccccc2n1C. The minimum atomic E-state index is -3.28. The van der Waals surface area contributed by atoms with Crippen LogP contribution < -0.4 is 0 Å². The molecule has 0 aliphatic heterocycles. The summed E-state index contributed by atoms with van der Waals surface area (Å²) in [5, 5.41) is 0. The van der Waals surface area contributed by atoms with E-state index in [1.807, 2.05) is 24.3 Å². The molecule has 1 aromatic heterocycles. The van der Waals surface area contributed by atoms with E-state index in [4.69, 9.17) is 0 Å². The van der Waals surface area contributed by atoms with E-state index in [0.717, 1.165) is 11.0 Å². The monoisotopic (exact) mass is 223 g/mol. The molecule has 0 amide bonds. The summed E-state index contributed by atoms with van der Waals surface area (Å²) in [6, 6.07) is 7.53. The van der Waals surface area contributed by atoms with Crippen molar-refractivity contribution in [1.82, 2.24) is 9.55 Å². The number of nitrogens with zero attached hydrogens (tertiary/aromatic N) is 2. The van der Waals surface area contributed by atoms with Crippen LogP contribution in [0.1, 0.15) is 5.82 Å². The average molecular weight is 223 g/mol. The van der Waals surface area contributed by atoms with E-state index in [9.17, 15) is 8.42 Å². The highest BCUT2D eigenvalue weighted by Crippen LogP contribution is 2.15. The molecule has 4 nitrogen and oxygen atoms in total. The molecule has 5 heteroatoms. The van der Waals surface area contributed by atoms with Crippen LogP contribution in [0.5, 0.6) is 0 Å². The van der Waals surface area contributed by atoms with Crippen molar-refractivity contribution < 1.29 is 8.42 Å². The summed E-state index contributed by atoms with van der Waals surface area (Å²) in [5.41, 5.74) is 1.73. The van der Waals surface area contributed by atoms with Gasteiger partial charge in [-0.3, -0.25) is 0 Å². The van der Waals surface area contributed by atoms with Gasteiger partial charge in [-0.25, -0.2) is 13.4 Å². The lowest BCUT2D eigenvalue weighted by molar-refractivity contribution is 0.601. The summed E-state index contributed by atoms with van der Waals surface area (Å²) in [6.45, 7) is 0. The Bertz CT molecular complexity index is 599. The second-order valence-corrected chi connectivity index (χ2v) is 5.24. The molecule has 1 radical (unpaired) electrons. The number of hydrogen-bond acceptors (Lipinski definition) is 3. The highest BCUT2D eigenvalue weighted by atomic mass is 32.2. The van der Waals surface area contributed by atoms with Crippen LogP contribution in [0.2, 0.25) is 0 Å². The predicted octanol–water partition coefficient (Wildman–Crippen LogP) is 1.28. The first-order chi connectivity index (χ1) is 6.97. The number of hydrogen-bond donors (Lipinski definition) is 0. The smallest absolute Gasteiger partial charge is 0.158 e. The number of rotatable bonds is 2. The predicted molar refractivity (Wildman–Crippen MR) is 58.7 cm³/mol. The third-order valence-electron chi connectivity index (χ3n) is 2.23. The van der Waals surface area contributed by atoms with E-state index in [1.54, 1.807) is 11.6 Å². The molecule has 0 unspecified atom stereocenters. The molecule has 0 aliphatic carbocycles. The van der Waals surface area contributed by atoms with Gasteiger partial charge in [-0.15, -0.1) is 0 Å². The summed E-state index contributed by atoms with van der Waals surface area (Å²) in [6.07, 6.45) is 3.10. The largest absolute Gasteiger partial charge is 0.330 e. The fourth-order valence-electron chi connectivity index (χ4n) is 1.52. The van der Waals surface area contributed by atoms with E-state index < -0.39 is 9.84 Å². The average Bonchev–Trinajstić information content (AvgIpc) is 2.42. The molecule has 2 aromatic rings. The highest BCUT2D eigenvalue weighted by molar-refractivity contribution is 7.91. The van der Waals surface area contributed by atoms with E-state index in [-0.39, 0.29) is 5.75 Å². The van der Waals surface area contributed by atoms with Crippen LogP contribution in [0.4, 0.5) is 0 Å². The molecule has 0 spiro atoms. The van der Waals surface area contributed by atoms with Crippen molar-refractivity contribution in [3.05, 3.63) is 36.3 Å². The van der Waals surface area contributed by atoms with Gasteiger partial charge in [-0.2, -0.15) is 0 Å². The van der Waals surface area contributed by atoms with Gasteiger partial charge in [0, 0.05) is 7.05 Å². The molecule has 0 fully saturated rings. The van der Waals surface area contributed by atoms with Gasteiger partial charge in [0.25, 0.3) is 0 Å². The normalized spacial score (nSPS) is 12.1. The minimum absolute atomic E-state index is 0.127. The van der Waals surface area contributed by atoms with E-state index in [0.29, 0.717) is 5.82 Å². The van der Waals surface area contributed by atoms with Crippen molar-refractivity contribution in [2.24, 2.45) is 7.05 Å². The maximum Gasteiger partial charge on any atom is 0.158 e. The standard InChI is InChI=1S/C10H11N2O2S/c1-12-9-6-4-3-5-8(9)11-10(12)7-15(2,13)14/h3-6H,2,7H2,1H3. The van der Waals surface area contributed by atoms with Gasteiger partial charge < -0.3 is 4.57 Å². The second-order valence-electron chi connectivity index (χ2n) is 3.46. The van der Waals surface area contributed by atoms with Crippen molar-refractivity contribution in [2.75, 3.05) is 0 Å². The zero-order chi connectivity index (χ0) is 11.1. The number of fused-ring (bicyclic) bond motifs is 1. The van der Waals surface area contributed by atoms with Crippen LogP contribution in [0.15, 0.2) is 24.3 Å². The first-order valence-electron chi connectivity index (χ1n) is 4.43. The lowest BCUT2D eigenvalue weighted by Crippen LogP contribution is -2.04. The molecule has 0 atom stereocenters. The molecule has 0 saturated carbocycles. The van der Waals surface area contributed by atoms with Crippen molar-refractivity contribution in [1.29, 1.82) is 0 Å². The second kappa shape index (κ2) is 3.34. The zero-order valence-corrected chi connectivity index (χ0v) is 9.16. The summed E-state index contributed by atoms with van der Waals surface area (Å²) < 4.78 is 23.9. The Morgan fingerprint density at radius 3 is 2.67 bits per heavy atom. The van der Waals surface area contributed by atoms with Gasteiger partial charge >= 0.3 is 0 Å². The van der Waals surface area contributed by atoms with Crippen molar-refractivity contribution in [2.45, 2.75) is 5.75 Å². The van der Waals surface area contributed by atoms with Gasteiger partial charge in [0.1, 0.15) is 11.6 Å². The molecule has 0 N–H and O–H groups in total. The highest BCUT2D eigenvalue weighted by Gasteiger charge is 2.12. The van der Waals surface area contributed by atoms with Crippen LogP contribution in [0.3, 0.4) is 0 Å². The van der Waals surface area contributed by atoms with E-state index in [2.05, 4.69) is 11.2 Å². The molecule has 0 aliphatic rings. The number of para-hydroxylation sites is 2. The zero-order valence-electron chi connectivity index (χ0n) is 8.34. The number of aryl methyl sites for hydroxylation is 1. The maximum atomic E-state index is 11.1. The lowest BCUT2D eigenvalue weighted by atomic mass is 10.3. The first kappa shape index (κ1) is 10.2. The van der Waals surface area contributed by atoms with Crippen LogP contribution in [0.25, 0.3) is 11.0 Å². The molecular formula is C10H11N2O2S. The molecule has 2 rings (SSSR count). The maximum absolute atomic E-state index is 11.1. The minimum Gasteiger partial charge on any atom is -0.330 e. The van der Waals surface area contributed by atoms with Gasteiger partial charge in [0.15, 0.2) is 9.84 Å². The number of imidazole rings is 1. The Kier molecular flexibility index (Phi) is 2.26. The van der Waals surface area contributed by atoms with E-state index >= 15 is 0 Å². The molecule has 79 valence electrons. The van der Waals surface area contributed by atoms with Gasteiger partial charge in [-0.05, 0) is 12.1 Å². The fraction of sp³-hybridized carbons (Fsp3) is 0.200. The molecule has 1 heterocycles. The van der Waals surface area contributed by atoms with Gasteiger partial charge in [0.2, 0.25) is 0 Å². The van der Waals surface area contributed by atoms with Gasteiger partial charge in [-0.1, -0.05) is 12.1 Å². The first-order valence-corrected chi connectivity index (χ1v) is 6.25. The summed E-state index contributed by atoms with van der Waals surface area (Å²) in [4.78, 5) is 4.24. The number of benzene rings is 1. The Morgan fingerprint density at radius 1 is 1.40 bits per heavy atom. The third-order valence-corrected chi connectivity index (χ3v) is 2.93. The number of sulfone groups is 1. The molecule has 0 bridgehead atoms. The molecule has 0 saturated heterocycles. The van der Waals surface area contributed by atoms with Crippen molar-refractivity contribution >= 4 is 20.9 Å². The summed E-state index contributed by atoms with van der Waals surface area (Å²) >= 11 is 0. The third kappa shape index (κ3) is 2.02. The van der Waals surface area contributed by atoms with Crippen LogP contribution in [-0.2, 0) is 22.6 Å². The van der Waals surface area contributed by atoms with Gasteiger partial charge in [0.05, 0.1) is 17.3 Å². The summed E-state index contributed by atoms with van der Waals surface area (Å²) in [7, 11) is -1.48. The van der Waals surface area contributed by atoms with Crippen molar-refractivity contribution in [3.8, 4) is 0 Å². The fourth-order valence-corrected chi connectivity index (χ4v) is 2.17. The Labute approximate surface area is 88.5 Å². The van der Waals surface area contributed by atoms with Crippen LogP contribution in [-0.4, -0.2) is 18.0 Å². The van der Waals surface area contributed by atoms with E-state index in [1.165, 1.54) is 0 Å². The molecule has 15 heavy (non-hydrogen) atoms. The molecule has 1 aromatic carbocycles. The van der Waals surface area contributed by atoms with Crippen molar-refractivity contribution in [3.63, 3.8) is 0 Å².